The highest BCUT2D eigenvalue weighted by Gasteiger charge is 2.14. The van der Waals surface area contributed by atoms with Crippen molar-refractivity contribution in [3.8, 4) is 17.2 Å². The Morgan fingerprint density at radius 1 is 1.21 bits per heavy atom. The molecule has 5 heteroatoms. The number of rotatable bonds is 7. The number of halogens is 1. The Kier molecular flexibility index (Phi) is 6.49. The number of methoxy groups -OCH3 is 1. The number of aliphatic hydroxyl groups excluding tert-OH is 1. The maximum atomic E-state index is 10.1. The SMILES string of the molecule is CCC(O)c1ccc(CNC)c(Oc2ccc(Cl)c(OC)c2C)c1. The minimum absolute atomic E-state index is 0.503. The van der Waals surface area contributed by atoms with Crippen molar-refractivity contribution >= 4 is 11.6 Å². The van der Waals surface area contributed by atoms with Crippen LogP contribution in [-0.4, -0.2) is 19.3 Å². The van der Waals surface area contributed by atoms with Crippen molar-refractivity contribution in [1.82, 2.24) is 5.32 Å². The van der Waals surface area contributed by atoms with Crippen molar-refractivity contribution in [2.45, 2.75) is 32.9 Å². The summed E-state index contributed by atoms with van der Waals surface area (Å²) in [7, 11) is 3.47. The number of ether oxygens (including phenoxy) is 2. The van der Waals surface area contributed by atoms with Gasteiger partial charge in [-0.1, -0.05) is 30.7 Å². The topological polar surface area (TPSA) is 50.7 Å². The van der Waals surface area contributed by atoms with Gasteiger partial charge < -0.3 is 19.9 Å². The number of nitrogens with one attached hydrogen (secondary N) is 1. The molecule has 0 aliphatic carbocycles. The average Bonchev–Trinajstić information content (AvgIpc) is 2.58. The lowest BCUT2D eigenvalue weighted by molar-refractivity contribution is 0.173. The van der Waals surface area contributed by atoms with Gasteiger partial charge in [0.2, 0.25) is 0 Å². The summed E-state index contributed by atoms with van der Waals surface area (Å²) in [5.74, 6) is 1.99. The molecule has 2 rings (SSSR count). The zero-order valence-corrected chi connectivity index (χ0v) is 15.3. The molecule has 0 aromatic heterocycles. The Bertz CT molecular complexity index is 703. The predicted molar refractivity (Wildman–Crippen MR) is 97.3 cm³/mol. The van der Waals surface area contributed by atoms with E-state index >= 15 is 0 Å². The van der Waals surface area contributed by atoms with Gasteiger partial charge in [-0.05, 0) is 44.2 Å². The molecule has 0 saturated heterocycles. The Morgan fingerprint density at radius 3 is 2.58 bits per heavy atom. The van der Waals surface area contributed by atoms with Gasteiger partial charge in [0.05, 0.1) is 18.2 Å². The third kappa shape index (κ3) is 4.01. The summed E-state index contributed by atoms with van der Waals surface area (Å²) in [5.41, 5.74) is 2.69. The van der Waals surface area contributed by atoms with E-state index < -0.39 is 6.10 Å². The number of hydrogen-bond acceptors (Lipinski definition) is 4. The number of aliphatic hydroxyl groups is 1. The summed E-state index contributed by atoms with van der Waals surface area (Å²) in [6.07, 6.45) is 0.148. The van der Waals surface area contributed by atoms with Gasteiger partial charge in [0.15, 0.2) is 0 Å². The Hall–Kier alpha value is -1.75. The Balaban J connectivity index is 2.43. The van der Waals surface area contributed by atoms with Crippen molar-refractivity contribution in [3.63, 3.8) is 0 Å². The molecular formula is C19H24ClNO3. The van der Waals surface area contributed by atoms with Crippen LogP contribution in [0.4, 0.5) is 0 Å². The van der Waals surface area contributed by atoms with Crippen LogP contribution >= 0.6 is 11.6 Å². The van der Waals surface area contributed by atoms with Crippen LogP contribution in [0.15, 0.2) is 30.3 Å². The molecule has 0 aliphatic heterocycles. The molecule has 0 amide bonds. The molecule has 0 spiro atoms. The summed E-state index contributed by atoms with van der Waals surface area (Å²) in [6.45, 7) is 4.52. The summed E-state index contributed by atoms with van der Waals surface area (Å²) in [5, 5.41) is 13.8. The zero-order valence-electron chi connectivity index (χ0n) is 14.5. The minimum atomic E-state index is -0.503. The third-order valence-electron chi connectivity index (χ3n) is 3.96. The second-order valence-corrected chi connectivity index (χ2v) is 6.03. The molecule has 130 valence electrons. The maximum Gasteiger partial charge on any atom is 0.144 e. The van der Waals surface area contributed by atoms with E-state index in [1.807, 2.05) is 45.2 Å². The molecule has 2 aromatic rings. The van der Waals surface area contributed by atoms with Gasteiger partial charge in [-0.3, -0.25) is 0 Å². The largest absolute Gasteiger partial charge is 0.495 e. The highest BCUT2D eigenvalue weighted by molar-refractivity contribution is 6.32. The van der Waals surface area contributed by atoms with E-state index in [1.165, 1.54) is 0 Å². The lowest BCUT2D eigenvalue weighted by Gasteiger charge is -2.17. The van der Waals surface area contributed by atoms with Crippen molar-refractivity contribution in [1.29, 1.82) is 0 Å². The molecule has 0 aliphatic rings. The first-order chi connectivity index (χ1) is 11.5. The molecule has 0 fully saturated rings. The van der Waals surface area contributed by atoms with E-state index in [4.69, 9.17) is 21.1 Å². The van der Waals surface area contributed by atoms with E-state index in [0.717, 1.165) is 16.7 Å². The predicted octanol–water partition coefficient (Wildman–Crippen LogP) is 4.61. The molecule has 1 unspecified atom stereocenters. The van der Waals surface area contributed by atoms with Crippen LogP contribution in [0.2, 0.25) is 5.02 Å². The summed E-state index contributed by atoms with van der Waals surface area (Å²) in [4.78, 5) is 0. The van der Waals surface area contributed by atoms with Crippen molar-refractivity contribution in [3.05, 3.63) is 52.0 Å². The average molecular weight is 350 g/mol. The second kappa shape index (κ2) is 8.38. The van der Waals surface area contributed by atoms with Gasteiger partial charge in [0.25, 0.3) is 0 Å². The van der Waals surface area contributed by atoms with Gasteiger partial charge in [0.1, 0.15) is 17.2 Å². The van der Waals surface area contributed by atoms with Gasteiger partial charge in [-0.25, -0.2) is 0 Å². The van der Waals surface area contributed by atoms with Crippen molar-refractivity contribution in [2.75, 3.05) is 14.2 Å². The molecule has 0 saturated carbocycles. The molecule has 2 aromatic carbocycles. The second-order valence-electron chi connectivity index (χ2n) is 5.63. The molecule has 0 bridgehead atoms. The van der Waals surface area contributed by atoms with Crippen LogP contribution in [0, 0.1) is 6.92 Å². The van der Waals surface area contributed by atoms with E-state index in [-0.39, 0.29) is 0 Å². The van der Waals surface area contributed by atoms with Crippen LogP contribution in [0.1, 0.15) is 36.1 Å². The maximum absolute atomic E-state index is 10.1. The van der Waals surface area contributed by atoms with E-state index in [9.17, 15) is 5.11 Å². The molecule has 1 atom stereocenters. The standard InChI is InChI=1S/C19H24ClNO3/c1-5-16(22)13-6-7-14(11-21-3)18(10-13)24-17-9-8-15(20)19(23-4)12(17)2/h6-10,16,21-22H,5,11H2,1-4H3. The molecule has 2 N–H and O–H groups in total. The van der Waals surface area contributed by atoms with Crippen LogP contribution in [0.5, 0.6) is 17.2 Å². The summed E-state index contributed by atoms with van der Waals surface area (Å²) < 4.78 is 11.5. The quantitative estimate of drug-likeness (QED) is 0.766. The summed E-state index contributed by atoms with van der Waals surface area (Å²) >= 11 is 6.15. The summed E-state index contributed by atoms with van der Waals surface area (Å²) in [6, 6.07) is 9.38. The van der Waals surface area contributed by atoms with E-state index in [0.29, 0.717) is 35.2 Å². The van der Waals surface area contributed by atoms with Crippen LogP contribution < -0.4 is 14.8 Å². The van der Waals surface area contributed by atoms with Gasteiger partial charge >= 0.3 is 0 Å². The van der Waals surface area contributed by atoms with Crippen molar-refractivity contribution in [2.24, 2.45) is 0 Å². The van der Waals surface area contributed by atoms with Crippen molar-refractivity contribution < 1.29 is 14.6 Å². The van der Waals surface area contributed by atoms with Gasteiger partial charge in [0, 0.05) is 17.7 Å². The fourth-order valence-corrected chi connectivity index (χ4v) is 2.85. The lowest BCUT2D eigenvalue weighted by Crippen LogP contribution is -2.07. The van der Waals surface area contributed by atoms with Crippen LogP contribution in [-0.2, 0) is 6.54 Å². The fraction of sp³-hybridized carbons (Fsp3) is 0.368. The Labute approximate surface area is 148 Å². The number of hydrogen-bond donors (Lipinski definition) is 2. The van der Waals surface area contributed by atoms with E-state index in [2.05, 4.69) is 5.32 Å². The Morgan fingerprint density at radius 2 is 1.96 bits per heavy atom. The first-order valence-corrected chi connectivity index (χ1v) is 8.36. The highest BCUT2D eigenvalue weighted by Crippen LogP contribution is 2.38. The van der Waals surface area contributed by atoms with Gasteiger partial charge in [-0.2, -0.15) is 0 Å². The number of benzene rings is 2. The van der Waals surface area contributed by atoms with Gasteiger partial charge in [-0.15, -0.1) is 0 Å². The molecular weight excluding hydrogens is 326 g/mol. The first kappa shape index (κ1) is 18.6. The smallest absolute Gasteiger partial charge is 0.144 e. The molecule has 24 heavy (non-hydrogen) atoms. The minimum Gasteiger partial charge on any atom is -0.495 e. The molecule has 0 radical (unpaired) electrons. The highest BCUT2D eigenvalue weighted by atomic mass is 35.5. The lowest BCUT2D eigenvalue weighted by atomic mass is 10.0. The molecule has 0 heterocycles. The monoisotopic (exact) mass is 349 g/mol. The third-order valence-corrected chi connectivity index (χ3v) is 4.26. The van der Waals surface area contributed by atoms with Crippen LogP contribution in [0.25, 0.3) is 0 Å². The normalized spacial score (nSPS) is 12.1. The molecule has 4 nitrogen and oxygen atoms in total. The van der Waals surface area contributed by atoms with E-state index in [1.54, 1.807) is 13.2 Å². The first-order valence-electron chi connectivity index (χ1n) is 7.98. The fourth-order valence-electron chi connectivity index (χ4n) is 2.57. The zero-order chi connectivity index (χ0) is 17.7. The van der Waals surface area contributed by atoms with Crippen LogP contribution in [0.3, 0.4) is 0 Å².